The van der Waals surface area contributed by atoms with Crippen molar-refractivity contribution in [2.45, 2.75) is 39.2 Å². The molecule has 1 fully saturated rings. The Kier molecular flexibility index (Phi) is 2.55. The molecular formula is C12H19N3. The third-order valence-electron chi connectivity index (χ3n) is 3.10. The van der Waals surface area contributed by atoms with E-state index in [1.165, 1.54) is 19.3 Å². The summed E-state index contributed by atoms with van der Waals surface area (Å²) in [6.07, 6.45) is 5.47. The SMILES string of the molecule is CC1(C)CCC(Nc2cc(N)ccn2)C1. The molecule has 15 heavy (non-hydrogen) atoms. The Balaban J connectivity index is 1.99. The summed E-state index contributed by atoms with van der Waals surface area (Å²) >= 11 is 0. The Hall–Kier alpha value is -1.25. The van der Waals surface area contributed by atoms with Gasteiger partial charge in [0.1, 0.15) is 5.82 Å². The fourth-order valence-electron chi connectivity index (χ4n) is 2.29. The Morgan fingerprint density at radius 3 is 2.93 bits per heavy atom. The molecule has 0 radical (unpaired) electrons. The number of nitrogen functional groups attached to an aromatic ring is 1. The lowest BCUT2D eigenvalue weighted by Gasteiger charge is -2.18. The number of aromatic nitrogens is 1. The maximum Gasteiger partial charge on any atom is 0.128 e. The Labute approximate surface area is 91.1 Å². The number of anilines is 2. The lowest BCUT2D eigenvalue weighted by Crippen LogP contribution is -2.18. The molecule has 3 heteroatoms. The van der Waals surface area contributed by atoms with E-state index in [2.05, 4.69) is 24.1 Å². The third kappa shape index (κ3) is 2.61. The van der Waals surface area contributed by atoms with Crippen LogP contribution in [-0.2, 0) is 0 Å². The van der Waals surface area contributed by atoms with Crippen molar-refractivity contribution < 1.29 is 0 Å². The van der Waals surface area contributed by atoms with Crippen LogP contribution >= 0.6 is 0 Å². The van der Waals surface area contributed by atoms with Crippen molar-refractivity contribution in [3.63, 3.8) is 0 Å². The van der Waals surface area contributed by atoms with E-state index in [4.69, 9.17) is 5.73 Å². The fourth-order valence-corrected chi connectivity index (χ4v) is 2.29. The van der Waals surface area contributed by atoms with Crippen molar-refractivity contribution in [3.8, 4) is 0 Å². The molecule has 82 valence electrons. The van der Waals surface area contributed by atoms with Gasteiger partial charge in [0.05, 0.1) is 0 Å². The minimum Gasteiger partial charge on any atom is -0.399 e. The standard InChI is InChI=1S/C12H19N3/c1-12(2)5-3-10(8-12)15-11-7-9(13)4-6-14-11/h4,6-7,10H,3,5,8H2,1-2H3,(H3,13,14,15). The molecule has 0 spiro atoms. The number of pyridine rings is 1. The summed E-state index contributed by atoms with van der Waals surface area (Å²) in [4.78, 5) is 4.26. The van der Waals surface area contributed by atoms with Crippen LogP contribution in [-0.4, -0.2) is 11.0 Å². The first-order valence-electron chi connectivity index (χ1n) is 5.53. The van der Waals surface area contributed by atoms with E-state index in [0.29, 0.717) is 11.5 Å². The van der Waals surface area contributed by atoms with Crippen molar-refractivity contribution in [2.24, 2.45) is 5.41 Å². The highest BCUT2D eigenvalue weighted by molar-refractivity contribution is 5.48. The van der Waals surface area contributed by atoms with Crippen molar-refractivity contribution in [3.05, 3.63) is 18.3 Å². The van der Waals surface area contributed by atoms with Crippen LogP contribution in [0, 0.1) is 5.41 Å². The second kappa shape index (κ2) is 3.72. The van der Waals surface area contributed by atoms with Gasteiger partial charge in [-0.3, -0.25) is 0 Å². The number of hydrogen-bond donors (Lipinski definition) is 2. The first-order valence-corrected chi connectivity index (χ1v) is 5.53. The van der Waals surface area contributed by atoms with E-state index >= 15 is 0 Å². The van der Waals surface area contributed by atoms with Crippen molar-refractivity contribution >= 4 is 11.5 Å². The van der Waals surface area contributed by atoms with Gasteiger partial charge in [-0.2, -0.15) is 0 Å². The molecule has 1 aliphatic carbocycles. The van der Waals surface area contributed by atoms with Crippen molar-refractivity contribution in [2.75, 3.05) is 11.1 Å². The Morgan fingerprint density at radius 1 is 1.53 bits per heavy atom. The molecular weight excluding hydrogens is 186 g/mol. The van der Waals surface area contributed by atoms with Crippen LogP contribution in [0.5, 0.6) is 0 Å². The molecule has 0 bridgehead atoms. The number of nitrogens with two attached hydrogens (primary N) is 1. The quantitative estimate of drug-likeness (QED) is 0.780. The summed E-state index contributed by atoms with van der Waals surface area (Å²) in [5.41, 5.74) is 6.94. The summed E-state index contributed by atoms with van der Waals surface area (Å²) in [5.74, 6) is 0.901. The lowest BCUT2D eigenvalue weighted by molar-refractivity contribution is 0.378. The van der Waals surface area contributed by atoms with Crippen molar-refractivity contribution in [1.29, 1.82) is 0 Å². The zero-order valence-electron chi connectivity index (χ0n) is 9.46. The molecule has 0 aliphatic heterocycles. The molecule has 0 saturated heterocycles. The van der Waals surface area contributed by atoms with Gasteiger partial charge in [0.15, 0.2) is 0 Å². The zero-order valence-corrected chi connectivity index (χ0v) is 9.46. The number of nitrogens with one attached hydrogen (secondary N) is 1. The second-order valence-corrected chi connectivity index (χ2v) is 5.22. The molecule has 3 N–H and O–H groups in total. The van der Waals surface area contributed by atoms with Crippen LogP contribution < -0.4 is 11.1 Å². The third-order valence-corrected chi connectivity index (χ3v) is 3.10. The van der Waals surface area contributed by atoms with Gasteiger partial charge in [-0.15, -0.1) is 0 Å². The van der Waals surface area contributed by atoms with Crippen molar-refractivity contribution in [1.82, 2.24) is 4.98 Å². The van der Waals surface area contributed by atoms with Crippen LogP contribution in [0.2, 0.25) is 0 Å². The maximum atomic E-state index is 5.71. The summed E-state index contributed by atoms with van der Waals surface area (Å²) in [5, 5.41) is 3.45. The van der Waals surface area contributed by atoms with Crippen LogP contribution in [0.1, 0.15) is 33.1 Å². The zero-order chi connectivity index (χ0) is 10.9. The predicted octanol–water partition coefficient (Wildman–Crippen LogP) is 2.65. The first-order chi connectivity index (χ1) is 7.05. The van der Waals surface area contributed by atoms with Gasteiger partial charge in [0.2, 0.25) is 0 Å². The minimum absolute atomic E-state index is 0.470. The van der Waals surface area contributed by atoms with Gasteiger partial charge in [0.25, 0.3) is 0 Å². The molecule has 0 aromatic carbocycles. The number of rotatable bonds is 2. The van der Waals surface area contributed by atoms with Gasteiger partial charge in [-0.25, -0.2) is 4.98 Å². The number of nitrogens with zero attached hydrogens (tertiary/aromatic N) is 1. The second-order valence-electron chi connectivity index (χ2n) is 5.22. The minimum atomic E-state index is 0.470. The van der Waals surface area contributed by atoms with E-state index in [9.17, 15) is 0 Å². The highest BCUT2D eigenvalue weighted by Gasteiger charge is 2.30. The average molecular weight is 205 g/mol. The summed E-state index contributed by atoms with van der Waals surface area (Å²) in [7, 11) is 0. The van der Waals surface area contributed by atoms with E-state index in [-0.39, 0.29) is 0 Å². The normalized spacial score (nSPS) is 24.0. The van der Waals surface area contributed by atoms with E-state index in [0.717, 1.165) is 11.5 Å². The van der Waals surface area contributed by atoms with E-state index in [1.54, 1.807) is 6.20 Å². The van der Waals surface area contributed by atoms with E-state index < -0.39 is 0 Å². The predicted molar refractivity (Wildman–Crippen MR) is 63.7 cm³/mol. The first kappa shape index (κ1) is 10.3. The average Bonchev–Trinajstić information content (AvgIpc) is 2.45. The molecule has 1 aromatic rings. The molecule has 3 nitrogen and oxygen atoms in total. The van der Waals surface area contributed by atoms with Gasteiger partial charge in [0, 0.05) is 24.0 Å². The van der Waals surface area contributed by atoms with Gasteiger partial charge in [-0.1, -0.05) is 13.8 Å². The van der Waals surface area contributed by atoms with Gasteiger partial charge in [-0.05, 0) is 30.7 Å². The molecule has 1 aromatic heterocycles. The molecule has 1 unspecified atom stereocenters. The maximum absolute atomic E-state index is 5.71. The van der Waals surface area contributed by atoms with Crippen LogP contribution in [0.4, 0.5) is 11.5 Å². The smallest absolute Gasteiger partial charge is 0.128 e. The van der Waals surface area contributed by atoms with Crippen LogP contribution in [0.3, 0.4) is 0 Å². The van der Waals surface area contributed by atoms with Gasteiger partial charge >= 0.3 is 0 Å². The highest BCUT2D eigenvalue weighted by Crippen LogP contribution is 2.38. The molecule has 0 amide bonds. The Morgan fingerprint density at radius 2 is 2.33 bits per heavy atom. The van der Waals surface area contributed by atoms with Crippen LogP contribution in [0.25, 0.3) is 0 Å². The number of hydrogen-bond acceptors (Lipinski definition) is 3. The summed E-state index contributed by atoms with van der Waals surface area (Å²) in [6, 6.07) is 4.25. The molecule has 1 aliphatic rings. The monoisotopic (exact) mass is 205 g/mol. The van der Waals surface area contributed by atoms with Gasteiger partial charge < -0.3 is 11.1 Å². The highest BCUT2D eigenvalue weighted by atomic mass is 15.0. The molecule has 1 atom stereocenters. The molecule has 1 heterocycles. The lowest BCUT2D eigenvalue weighted by atomic mass is 9.92. The fraction of sp³-hybridized carbons (Fsp3) is 0.583. The summed E-state index contributed by atoms with van der Waals surface area (Å²) < 4.78 is 0. The molecule has 1 saturated carbocycles. The largest absolute Gasteiger partial charge is 0.399 e. The summed E-state index contributed by atoms with van der Waals surface area (Å²) in [6.45, 7) is 4.64. The molecule has 2 rings (SSSR count). The Bertz CT molecular complexity index is 346. The van der Waals surface area contributed by atoms with Crippen LogP contribution in [0.15, 0.2) is 18.3 Å². The topological polar surface area (TPSA) is 50.9 Å². The van der Waals surface area contributed by atoms with E-state index in [1.807, 2.05) is 12.1 Å².